The molecule has 5 nitrogen and oxygen atoms in total. The number of piperidine rings is 1. The van der Waals surface area contributed by atoms with Gasteiger partial charge in [-0.15, -0.1) is 11.6 Å². The molecule has 1 aliphatic rings. The van der Waals surface area contributed by atoms with Gasteiger partial charge in [-0.05, 0) is 6.42 Å². The summed E-state index contributed by atoms with van der Waals surface area (Å²) in [7, 11) is 0. The number of imide groups is 1. The molecule has 0 aromatic heterocycles. The maximum absolute atomic E-state index is 11.9. The van der Waals surface area contributed by atoms with Gasteiger partial charge in [-0.25, -0.2) is 0 Å². The predicted octanol–water partition coefficient (Wildman–Crippen LogP) is 1.82. The van der Waals surface area contributed by atoms with E-state index in [-0.39, 0.29) is 44.0 Å². The van der Waals surface area contributed by atoms with Crippen molar-refractivity contribution in [3.8, 4) is 0 Å². The molecule has 1 rings (SSSR count). The zero-order valence-corrected chi connectivity index (χ0v) is 16.3. The van der Waals surface area contributed by atoms with E-state index >= 15 is 0 Å². The van der Waals surface area contributed by atoms with E-state index in [2.05, 4.69) is 16.7 Å². The second kappa shape index (κ2) is 11.7. The monoisotopic (exact) mass is 483 g/mol. The molecule has 1 saturated heterocycles. The fraction of sp³-hybridized carbons (Fsp3) is 0.500. The topological polar surface area (TPSA) is 75.3 Å². The van der Waals surface area contributed by atoms with Crippen LogP contribution >= 0.6 is 11.6 Å². The number of halogens is 1. The molecule has 21 heavy (non-hydrogen) atoms. The van der Waals surface area contributed by atoms with Crippen LogP contribution in [0.15, 0.2) is 16.7 Å². The summed E-state index contributed by atoms with van der Waals surface area (Å²) < 4.78 is 0. The first kappa shape index (κ1) is 22.4. The van der Waals surface area contributed by atoms with Crippen LogP contribution in [0.3, 0.4) is 0 Å². The van der Waals surface area contributed by atoms with Crippen LogP contribution in [0.2, 0.25) is 0 Å². The Kier molecular flexibility index (Phi) is 12.5. The number of carbonyl (C=O) groups excluding carboxylic acids is 3. The summed E-state index contributed by atoms with van der Waals surface area (Å²) in [6.07, 6.45) is 4.77. The molecule has 0 aromatic carbocycles. The van der Waals surface area contributed by atoms with Gasteiger partial charge in [0.25, 0.3) is 0 Å². The Labute approximate surface area is 144 Å². The smallest absolute Gasteiger partial charge is 0.248 e. The van der Waals surface area contributed by atoms with Gasteiger partial charge in [0.05, 0.1) is 6.04 Å². The summed E-state index contributed by atoms with van der Waals surface area (Å²) in [4.78, 5) is 34.3. The summed E-state index contributed by atoms with van der Waals surface area (Å²) in [5.41, 5.74) is 0.184. The minimum absolute atomic E-state index is 0. The summed E-state index contributed by atoms with van der Waals surface area (Å²) in [5.74, 6) is -1.29. The number of rotatable bonds is 3. The number of allylic oxidation sites excluding steroid dienone is 2. The minimum atomic E-state index is -0.708. The van der Waals surface area contributed by atoms with Crippen molar-refractivity contribution in [3.05, 3.63) is 22.8 Å². The van der Waals surface area contributed by atoms with E-state index in [4.69, 9.17) is 11.6 Å². The maximum Gasteiger partial charge on any atom is 0.248 e. The van der Waals surface area contributed by atoms with E-state index in [0.29, 0.717) is 6.42 Å². The number of nitrogens with one attached hydrogen (secondary N) is 2. The first-order chi connectivity index (χ1) is 9.45. The summed E-state index contributed by atoms with van der Waals surface area (Å²) >= 11 is 5.78. The third-order valence-corrected chi connectivity index (χ3v) is 2.59. The van der Waals surface area contributed by atoms with Gasteiger partial charge >= 0.3 is 0 Å². The van der Waals surface area contributed by atoms with Crippen molar-refractivity contribution in [3.63, 3.8) is 0 Å². The zero-order chi connectivity index (χ0) is 15.7. The number of hydrogen-bond acceptors (Lipinski definition) is 3. The van der Waals surface area contributed by atoms with Gasteiger partial charge in [-0.3, -0.25) is 14.9 Å². The van der Waals surface area contributed by atoms with Crippen LogP contribution in [0.1, 0.15) is 40.5 Å². The standard InChI is InChI=1S/C12H14ClN2O3.C2H6.W/c1-3-4-8(7(2)13)11(17)14-9-5-6-10(16)15-12(9)18;1-2;/h3,9H,5-6H2,1-2H3,(H,14,17)(H,15,16,18);1-2H3;/q-1;;/b8-7-;;. The van der Waals surface area contributed by atoms with E-state index in [1.165, 1.54) is 0 Å². The zero-order valence-electron chi connectivity index (χ0n) is 12.6. The third kappa shape index (κ3) is 7.58. The van der Waals surface area contributed by atoms with Crippen LogP contribution in [0.5, 0.6) is 0 Å². The van der Waals surface area contributed by atoms with E-state index in [9.17, 15) is 14.4 Å². The molecule has 1 atom stereocenters. The van der Waals surface area contributed by atoms with E-state index in [0.717, 1.165) is 0 Å². The Morgan fingerprint density at radius 1 is 1.43 bits per heavy atom. The molecule has 0 bridgehead atoms. The average Bonchev–Trinajstić information content (AvgIpc) is 2.41. The quantitative estimate of drug-likeness (QED) is 0.278. The summed E-state index contributed by atoms with van der Waals surface area (Å²) in [6.45, 7) is 7.27. The first-order valence-corrected chi connectivity index (χ1v) is 6.88. The first-order valence-electron chi connectivity index (χ1n) is 6.51. The fourth-order valence-electron chi connectivity index (χ4n) is 1.53. The molecular formula is C14H20ClN2O3W-. The molecular weight excluding hydrogens is 463 g/mol. The Balaban J connectivity index is 0. The van der Waals surface area contributed by atoms with Crippen LogP contribution in [0.25, 0.3) is 0 Å². The Bertz CT molecular complexity index is 444. The Morgan fingerprint density at radius 3 is 2.43 bits per heavy atom. The van der Waals surface area contributed by atoms with Gasteiger partial charge in [0.2, 0.25) is 11.8 Å². The van der Waals surface area contributed by atoms with Crippen molar-refractivity contribution in [2.24, 2.45) is 0 Å². The van der Waals surface area contributed by atoms with Gasteiger partial charge in [0.1, 0.15) is 5.91 Å². The van der Waals surface area contributed by atoms with Crippen LogP contribution in [0, 0.1) is 6.08 Å². The molecule has 1 unspecified atom stereocenters. The molecule has 7 heteroatoms. The molecule has 1 aliphatic heterocycles. The molecule has 118 valence electrons. The SMILES string of the molecule is CC.CC=[C-]/C(C(=O)NC1CCC(=O)NC1=O)=C(\C)Cl.[W]. The predicted molar refractivity (Wildman–Crippen MR) is 77.7 cm³/mol. The summed E-state index contributed by atoms with van der Waals surface area (Å²) in [6, 6.07) is -0.708. The number of hydrogen-bond donors (Lipinski definition) is 2. The Hall–Kier alpha value is -0.932. The van der Waals surface area contributed by atoms with Gasteiger partial charge in [-0.1, -0.05) is 32.7 Å². The van der Waals surface area contributed by atoms with Crippen LogP contribution in [0.4, 0.5) is 0 Å². The second-order valence-corrected chi connectivity index (χ2v) is 4.39. The molecule has 0 spiro atoms. The fourth-order valence-corrected chi connectivity index (χ4v) is 1.67. The largest absolute Gasteiger partial charge is 0.394 e. The van der Waals surface area contributed by atoms with Gasteiger partial charge in [0.15, 0.2) is 0 Å². The molecule has 0 aliphatic carbocycles. The molecule has 1 heterocycles. The van der Waals surface area contributed by atoms with Gasteiger partial charge in [-0.2, -0.15) is 17.7 Å². The summed E-state index contributed by atoms with van der Waals surface area (Å²) in [5, 5.41) is 4.98. The molecule has 0 radical (unpaired) electrons. The average molecular weight is 484 g/mol. The van der Waals surface area contributed by atoms with Crippen LogP contribution < -0.4 is 10.6 Å². The van der Waals surface area contributed by atoms with Crippen molar-refractivity contribution >= 4 is 29.3 Å². The molecule has 2 N–H and O–H groups in total. The third-order valence-electron chi connectivity index (χ3n) is 2.40. The number of amides is 3. The van der Waals surface area contributed by atoms with Crippen molar-refractivity contribution in [2.45, 2.75) is 46.6 Å². The van der Waals surface area contributed by atoms with Crippen LogP contribution in [-0.4, -0.2) is 23.8 Å². The normalized spacial score (nSPS) is 18.8. The molecule has 1 fully saturated rings. The van der Waals surface area contributed by atoms with Crippen molar-refractivity contribution in [1.29, 1.82) is 0 Å². The molecule has 0 aromatic rings. The Morgan fingerprint density at radius 2 is 2.00 bits per heavy atom. The van der Waals surface area contributed by atoms with E-state index in [1.54, 1.807) is 19.9 Å². The molecule has 3 amide bonds. The van der Waals surface area contributed by atoms with Gasteiger partial charge in [0, 0.05) is 27.5 Å². The maximum atomic E-state index is 11.9. The minimum Gasteiger partial charge on any atom is -0.394 e. The van der Waals surface area contributed by atoms with Crippen molar-refractivity contribution < 1.29 is 35.4 Å². The molecule has 0 saturated carbocycles. The second-order valence-electron chi connectivity index (χ2n) is 3.82. The van der Waals surface area contributed by atoms with E-state index in [1.807, 2.05) is 13.8 Å². The van der Waals surface area contributed by atoms with Crippen molar-refractivity contribution in [2.75, 3.05) is 0 Å². The van der Waals surface area contributed by atoms with Gasteiger partial charge < -0.3 is 10.1 Å². The number of carbonyl (C=O) groups is 3. The van der Waals surface area contributed by atoms with Crippen LogP contribution in [-0.2, 0) is 35.4 Å². The van der Waals surface area contributed by atoms with Crippen molar-refractivity contribution in [1.82, 2.24) is 10.6 Å². The van der Waals surface area contributed by atoms with E-state index < -0.39 is 17.9 Å².